The number of rotatable bonds is 10. The van der Waals surface area contributed by atoms with Crippen molar-refractivity contribution in [1.82, 2.24) is 10.6 Å². The maximum atomic E-state index is 5.90. The van der Waals surface area contributed by atoms with Gasteiger partial charge in [-0.2, -0.15) is 0 Å². The first-order valence-electron chi connectivity index (χ1n) is 8.32. The Morgan fingerprint density at radius 2 is 2.04 bits per heavy atom. The van der Waals surface area contributed by atoms with Gasteiger partial charge >= 0.3 is 0 Å². The fourth-order valence-corrected chi connectivity index (χ4v) is 2.18. The van der Waals surface area contributed by atoms with Crippen molar-refractivity contribution >= 4 is 5.96 Å². The van der Waals surface area contributed by atoms with Gasteiger partial charge in [0.2, 0.25) is 0 Å². The van der Waals surface area contributed by atoms with Crippen molar-refractivity contribution in [3.05, 3.63) is 29.8 Å². The number of benzene rings is 1. The van der Waals surface area contributed by atoms with E-state index in [-0.39, 0.29) is 6.10 Å². The van der Waals surface area contributed by atoms with Crippen LogP contribution in [0.15, 0.2) is 29.3 Å². The maximum absolute atomic E-state index is 5.90. The van der Waals surface area contributed by atoms with E-state index in [9.17, 15) is 0 Å². The molecule has 1 atom stereocenters. The number of nitrogens with zero attached hydrogens (tertiary/aromatic N) is 1. The van der Waals surface area contributed by atoms with Gasteiger partial charge in [0.05, 0.1) is 6.54 Å². The van der Waals surface area contributed by atoms with Crippen molar-refractivity contribution in [2.24, 2.45) is 4.99 Å². The summed E-state index contributed by atoms with van der Waals surface area (Å²) in [6, 6.07) is 8.10. The molecule has 1 aromatic carbocycles. The number of methoxy groups -OCH3 is 1. The molecule has 0 spiro atoms. The zero-order valence-electron chi connectivity index (χ0n) is 14.9. The van der Waals surface area contributed by atoms with E-state index in [1.807, 2.05) is 25.1 Å². The molecule has 1 aromatic rings. The van der Waals surface area contributed by atoms with Crippen molar-refractivity contribution in [2.45, 2.75) is 39.2 Å². The largest absolute Gasteiger partial charge is 0.489 e. The number of aryl methyl sites for hydroxylation is 1. The van der Waals surface area contributed by atoms with E-state index in [1.165, 1.54) is 5.56 Å². The van der Waals surface area contributed by atoms with Gasteiger partial charge in [-0.3, -0.25) is 4.99 Å². The zero-order valence-corrected chi connectivity index (χ0v) is 14.9. The predicted octanol–water partition coefficient (Wildman–Crippen LogP) is 2.74. The molecule has 0 saturated heterocycles. The van der Waals surface area contributed by atoms with Crippen LogP contribution in [-0.2, 0) is 4.74 Å². The topological polar surface area (TPSA) is 54.9 Å². The first-order valence-corrected chi connectivity index (χ1v) is 8.32. The van der Waals surface area contributed by atoms with Crippen LogP contribution in [0, 0.1) is 6.92 Å². The Labute approximate surface area is 140 Å². The molecule has 5 heteroatoms. The van der Waals surface area contributed by atoms with Gasteiger partial charge in [0.25, 0.3) is 0 Å². The number of unbranched alkanes of at least 4 members (excludes halogenated alkanes) is 2. The Morgan fingerprint density at radius 1 is 1.22 bits per heavy atom. The van der Waals surface area contributed by atoms with E-state index in [4.69, 9.17) is 9.47 Å². The predicted molar refractivity (Wildman–Crippen MR) is 96.4 cm³/mol. The minimum Gasteiger partial charge on any atom is -0.489 e. The van der Waals surface area contributed by atoms with Crippen molar-refractivity contribution in [3.8, 4) is 5.75 Å². The summed E-state index contributed by atoms with van der Waals surface area (Å²) in [5.41, 5.74) is 1.20. The molecule has 0 bridgehead atoms. The van der Waals surface area contributed by atoms with Crippen molar-refractivity contribution in [1.29, 1.82) is 0 Å². The number of hydrogen-bond donors (Lipinski definition) is 2. The van der Waals surface area contributed by atoms with Crippen LogP contribution in [-0.4, -0.2) is 45.9 Å². The molecule has 2 N–H and O–H groups in total. The highest BCUT2D eigenvalue weighted by Gasteiger charge is 2.05. The summed E-state index contributed by atoms with van der Waals surface area (Å²) in [4.78, 5) is 4.23. The average Bonchev–Trinajstić information content (AvgIpc) is 2.53. The summed E-state index contributed by atoms with van der Waals surface area (Å²) in [7, 11) is 3.52. The summed E-state index contributed by atoms with van der Waals surface area (Å²) >= 11 is 0. The summed E-state index contributed by atoms with van der Waals surface area (Å²) in [6.45, 7) is 6.57. The second kappa shape index (κ2) is 11.8. The van der Waals surface area contributed by atoms with Crippen LogP contribution in [0.3, 0.4) is 0 Å². The Bertz CT molecular complexity index is 463. The lowest BCUT2D eigenvalue weighted by atomic mass is 10.2. The van der Waals surface area contributed by atoms with Gasteiger partial charge in [-0.25, -0.2) is 0 Å². The second-order valence-corrected chi connectivity index (χ2v) is 5.68. The molecule has 1 unspecified atom stereocenters. The molecule has 0 fully saturated rings. The van der Waals surface area contributed by atoms with E-state index in [0.29, 0.717) is 6.54 Å². The van der Waals surface area contributed by atoms with E-state index in [0.717, 1.165) is 44.1 Å². The molecule has 0 amide bonds. The van der Waals surface area contributed by atoms with Gasteiger partial charge in [-0.15, -0.1) is 0 Å². The lowest BCUT2D eigenvalue weighted by Crippen LogP contribution is -2.42. The third-order valence-corrected chi connectivity index (χ3v) is 3.43. The van der Waals surface area contributed by atoms with Crippen LogP contribution in [0.1, 0.15) is 31.7 Å². The SMILES string of the molecule is CN=C(NCCCCCOC)NCC(C)Oc1cccc(C)c1. The van der Waals surface area contributed by atoms with Crippen molar-refractivity contribution in [3.63, 3.8) is 0 Å². The highest BCUT2D eigenvalue weighted by Crippen LogP contribution is 2.13. The number of hydrogen-bond acceptors (Lipinski definition) is 3. The van der Waals surface area contributed by atoms with E-state index in [1.54, 1.807) is 14.2 Å². The van der Waals surface area contributed by atoms with Gasteiger partial charge in [0.1, 0.15) is 11.9 Å². The molecule has 23 heavy (non-hydrogen) atoms. The minimum atomic E-state index is 0.0667. The summed E-state index contributed by atoms with van der Waals surface area (Å²) in [6.07, 6.45) is 3.44. The van der Waals surface area contributed by atoms with Gasteiger partial charge in [0.15, 0.2) is 5.96 Å². The average molecular weight is 321 g/mol. The standard InChI is InChI=1S/C18H31N3O2/c1-15-9-8-10-17(13-15)23-16(2)14-21-18(19-3)20-11-6-5-7-12-22-4/h8-10,13,16H,5-7,11-12,14H2,1-4H3,(H2,19,20,21). The monoisotopic (exact) mass is 321 g/mol. The third-order valence-electron chi connectivity index (χ3n) is 3.43. The third kappa shape index (κ3) is 9.08. The molecule has 1 rings (SSSR count). The molecule has 0 aliphatic heterocycles. The zero-order chi connectivity index (χ0) is 16.9. The molecule has 0 saturated carbocycles. The lowest BCUT2D eigenvalue weighted by Gasteiger charge is -2.18. The Kier molecular flexibility index (Phi) is 9.87. The Balaban J connectivity index is 2.20. The molecule has 5 nitrogen and oxygen atoms in total. The summed E-state index contributed by atoms with van der Waals surface area (Å²) in [5, 5.41) is 6.61. The molecular weight excluding hydrogens is 290 g/mol. The van der Waals surface area contributed by atoms with E-state index < -0.39 is 0 Å². The van der Waals surface area contributed by atoms with Crippen LogP contribution in [0.5, 0.6) is 5.75 Å². The van der Waals surface area contributed by atoms with Crippen LogP contribution < -0.4 is 15.4 Å². The van der Waals surface area contributed by atoms with Gasteiger partial charge in [-0.05, 0) is 50.8 Å². The number of ether oxygens (including phenoxy) is 2. The van der Waals surface area contributed by atoms with Gasteiger partial charge in [-0.1, -0.05) is 12.1 Å². The quantitative estimate of drug-likeness (QED) is 0.395. The highest BCUT2D eigenvalue weighted by molar-refractivity contribution is 5.79. The maximum Gasteiger partial charge on any atom is 0.191 e. The highest BCUT2D eigenvalue weighted by atomic mass is 16.5. The van der Waals surface area contributed by atoms with E-state index in [2.05, 4.69) is 28.6 Å². The number of guanidine groups is 1. The van der Waals surface area contributed by atoms with Crippen LogP contribution in [0.4, 0.5) is 0 Å². The molecule has 0 heterocycles. The Morgan fingerprint density at radius 3 is 2.74 bits per heavy atom. The second-order valence-electron chi connectivity index (χ2n) is 5.68. The first kappa shape index (κ1) is 19.3. The smallest absolute Gasteiger partial charge is 0.191 e. The fraction of sp³-hybridized carbons (Fsp3) is 0.611. The minimum absolute atomic E-state index is 0.0667. The first-order chi connectivity index (χ1) is 11.2. The fourth-order valence-electron chi connectivity index (χ4n) is 2.18. The van der Waals surface area contributed by atoms with Crippen LogP contribution in [0.25, 0.3) is 0 Å². The molecule has 0 aliphatic rings. The van der Waals surface area contributed by atoms with Gasteiger partial charge in [0, 0.05) is 27.3 Å². The number of aliphatic imine (C=N–C) groups is 1. The normalized spacial score (nSPS) is 12.8. The molecule has 0 aromatic heterocycles. The molecule has 0 aliphatic carbocycles. The molecule has 130 valence electrons. The number of nitrogens with one attached hydrogen (secondary N) is 2. The van der Waals surface area contributed by atoms with E-state index >= 15 is 0 Å². The summed E-state index contributed by atoms with van der Waals surface area (Å²) < 4.78 is 10.9. The lowest BCUT2D eigenvalue weighted by molar-refractivity contribution is 0.192. The molecular formula is C18H31N3O2. The molecule has 0 radical (unpaired) electrons. The van der Waals surface area contributed by atoms with Gasteiger partial charge < -0.3 is 20.1 Å². The van der Waals surface area contributed by atoms with Crippen LogP contribution in [0.2, 0.25) is 0 Å². The van der Waals surface area contributed by atoms with Crippen molar-refractivity contribution in [2.75, 3.05) is 33.9 Å². The van der Waals surface area contributed by atoms with Crippen LogP contribution >= 0.6 is 0 Å². The Hall–Kier alpha value is -1.75. The van der Waals surface area contributed by atoms with Crippen molar-refractivity contribution < 1.29 is 9.47 Å². The summed E-state index contributed by atoms with van der Waals surface area (Å²) in [5.74, 6) is 1.72.